The van der Waals surface area contributed by atoms with Crippen molar-refractivity contribution in [2.45, 2.75) is 75.8 Å². The summed E-state index contributed by atoms with van der Waals surface area (Å²) in [6.45, 7) is 4.12. The van der Waals surface area contributed by atoms with Gasteiger partial charge in [0.15, 0.2) is 0 Å². The monoisotopic (exact) mass is 226 g/mol. The lowest BCUT2D eigenvalue weighted by molar-refractivity contribution is -0.321. The second-order valence-corrected chi connectivity index (χ2v) is 6.45. The van der Waals surface area contributed by atoms with Crippen molar-refractivity contribution in [1.82, 2.24) is 0 Å². The Morgan fingerprint density at radius 2 is 1.94 bits per heavy atom. The standard InChI is InChI=1S/C13H22O3/c1-11-6-3-7-12(2)13(11,15)10(14)5-4-9(8-11)16-12/h9-10,14-15H,3-8H2,1-2H3/t9-,10-,11-,12-,13+/m1/s1. The molecule has 4 aliphatic rings. The SMILES string of the molecule is C[C@]12CCC[C@@]3(C)O[C@H](CC[C@@H](O)[C@]13O)C2. The molecule has 16 heavy (non-hydrogen) atoms. The van der Waals surface area contributed by atoms with E-state index in [1.54, 1.807) is 0 Å². The summed E-state index contributed by atoms with van der Waals surface area (Å²) in [6.07, 6.45) is 5.03. The van der Waals surface area contributed by atoms with Gasteiger partial charge in [-0.25, -0.2) is 0 Å². The molecule has 4 bridgehead atoms. The number of aliphatic hydroxyl groups excluding tert-OH is 1. The smallest absolute Gasteiger partial charge is 0.124 e. The Morgan fingerprint density at radius 1 is 1.19 bits per heavy atom. The third-order valence-corrected chi connectivity index (χ3v) is 5.46. The Labute approximate surface area is 96.8 Å². The van der Waals surface area contributed by atoms with Gasteiger partial charge in [-0.1, -0.05) is 6.92 Å². The molecule has 3 heteroatoms. The molecule has 2 heterocycles. The summed E-state index contributed by atoms with van der Waals surface area (Å²) in [7, 11) is 0. The van der Waals surface area contributed by atoms with Crippen LogP contribution in [0.1, 0.15) is 52.4 Å². The van der Waals surface area contributed by atoms with E-state index in [2.05, 4.69) is 6.92 Å². The first kappa shape index (κ1) is 11.0. The molecule has 0 aromatic heterocycles. The van der Waals surface area contributed by atoms with Crippen LogP contribution in [0, 0.1) is 5.41 Å². The fourth-order valence-electron chi connectivity index (χ4n) is 4.62. The number of hydrogen-bond donors (Lipinski definition) is 2. The van der Waals surface area contributed by atoms with Gasteiger partial charge in [-0.05, 0) is 45.4 Å². The molecule has 2 aliphatic carbocycles. The summed E-state index contributed by atoms with van der Waals surface area (Å²) in [5, 5.41) is 21.4. The normalized spacial score (nSPS) is 60.8. The van der Waals surface area contributed by atoms with Gasteiger partial charge in [0.05, 0.1) is 17.8 Å². The second-order valence-electron chi connectivity index (χ2n) is 6.45. The van der Waals surface area contributed by atoms with E-state index < -0.39 is 17.3 Å². The van der Waals surface area contributed by atoms with Crippen LogP contribution in [0.15, 0.2) is 0 Å². The van der Waals surface area contributed by atoms with Gasteiger partial charge in [0.25, 0.3) is 0 Å². The number of ether oxygens (including phenoxy) is 1. The summed E-state index contributed by atoms with van der Waals surface area (Å²) in [4.78, 5) is 0. The highest BCUT2D eigenvalue weighted by molar-refractivity contribution is 5.19. The number of hydrogen-bond acceptors (Lipinski definition) is 3. The molecule has 3 nitrogen and oxygen atoms in total. The van der Waals surface area contributed by atoms with Crippen LogP contribution in [0.2, 0.25) is 0 Å². The molecule has 0 aromatic carbocycles. The molecule has 4 rings (SSSR count). The summed E-state index contributed by atoms with van der Waals surface area (Å²) >= 11 is 0. The molecule has 0 unspecified atom stereocenters. The van der Waals surface area contributed by atoms with Crippen molar-refractivity contribution in [2.75, 3.05) is 0 Å². The van der Waals surface area contributed by atoms with Crippen molar-refractivity contribution in [3.05, 3.63) is 0 Å². The summed E-state index contributed by atoms with van der Waals surface area (Å²) in [5.74, 6) is 0. The maximum Gasteiger partial charge on any atom is 0.124 e. The van der Waals surface area contributed by atoms with Gasteiger partial charge in [0.2, 0.25) is 0 Å². The van der Waals surface area contributed by atoms with Crippen molar-refractivity contribution in [3.63, 3.8) is 0 Å². The fraction of sp³-hybridized carbons (Fsp3) is 1.00. The second kappa shape index (κ2) is 3.01. The van der Waals surface area contributed by atoms with Crippen molar-refractivity contribution in [3.8, 4) is 0 Å². The first-order valence-corrected chi connectivity index (χ1v) is 6.50. The highest BCUT2D eigenvalue weighted by Gasteiger charge is 2.69. The lowest BCUT2D eigenvalue weighted by Gasteiger charge is -2.62. The summed E-state index contributed by atoms with van der Waals surface area (Å²) < 4.78 is 6.10. The van der Waals surface area contributed by atoms with Crippen LogP contribution in [-0.4, -0.2) is 33.6 Å². The predicted octanol–water partition coefficient (Wildman–Crippen LogP) is 1.61. The highest BCUT2D eigenvalue weighted by Crippen LogP contribution is 2.61. The Balaban J connectivity index is 2.16. The van der Waals surface area contributed by atoms with Crippen LogP contribution in [0.4, 0.5) is 0 Å². The van der Waals surface area contributed by atoms with Gasteiger partial charge in [-0.15, -0.1) is 0 Å². The molecule has 2 aliphatic heterocycles. The van der Waals surface area contributed by atoms with Gasteiger partial charge in [-0.2, -0.15) is 0 Å². The van der Waals surface area contributed by atoms with Crippen LogP contribution >= 0.6 is 0 Å². The van der Waals surface area contributed by atoms with Gasteiger partial charge in [-0.3, -0.25) is 0 Å². The minimum atomic E-state index is -1.05. The van der Waals surface area contributed by atoms with Crippen molar-refractivity contribution in [2.24, 2.45) is 5.41 Å². The Hall–Kier alpha value is -0.120. The first-order chi connectivity index (χ1) is 7.41. The Kier molecular flexibility index (Phi) is 2.07. The van der Waals surface area contributed by atoms with E-state index in [0.717, 1.165) is 32.1 Å². The van der Waals surface area contributed by atoms with Crippen LogP contribution in [-0.2, 0) is 4.74 Å². The molecule has 2 N–H and O–H groups in total. The van der Waals surface area contributed by atoms with E-state index in [1.165, 1.54) is 0 Å². The van der Waals surface area contributed by atoms with Crippen LogP contribution < -0.4 is 0 Å². The number of rotatable bonds is 0. The zero-order valence-corrected chi connectivity index (χ0v) is 10.2. The highest BCUT2D eigenvalue weighted by atomic mass is 16.5. The minimum absolute atomic E-state index is 0.168. The van der Waals surface area contributed by atoms with Crippen LogP contribution in [0.3, 0.4) is 0 Å². The minimum Gasteiger partial charge on any atom is -0.390 e. The molecule has 0 aromatic rings. The van der Waals surface area contributed by atoms with E-state index in [9.17, 15) is 10.2 Å². The van der Waals surface area contributed by atoms with Crippen molar-refractivity contribution < 1.29 is 14.9 Å². The van der Waals surface area contributed by atoms with E-state index in [1.807, 2.05) is 6.92 Å². The molecule has 5 atom stereocenters. The quantitative estimate of drug-likeness (QED) is 0.660. The molecular weight excluding hydrogens is 204 g/mol. The fourth-order valence-corrected chi connectivity index (χ4v) is 4.62. The number of aliphatic hydroxyl groups is 2. The Morgan fingerprint density at radius 3 is 2.62 bits per heavy atom. The van der Waals surface area contributed by atoms with Gasteiger partial charge in [0, 0.05) is 5.41 Å². The van der Waals surface area contributed by atoms with Gasteiger partial charge in [0.1, 0.15) is 5.60 Å². The third-order valence-electron chi connectivity index (χ3n) is 5.46. The van der Waals surface area contributed by atoms with Gasteiger partial charge < -0.3 is 14.9 Å². The Bertz CT molecular complexity index is 296. The lowest BCUT2D eigenvalue weighted by atomic mass is 9.53. The summed E-state index contributed by atoms with van der Waals surface area (Å²) in [5.41, 5.74) is -1.76. The van der Waals surface area contributed by atoms with E-state index in [-0.39, 0.29) is 11.5 Å². The molecule has 0 radical (unpaired) electrons. The average Bonchev–Trinajstić information content (AvgIpc) is 2.33. The van der Waals surface area contributed by atoms with Crippen molar-refractivity contribution in [1.29, 1.82) is 0 Å². The zero-order chi connectivity index (χ0) is 11.6. The topological polar surface area (TPSA) is 49.7 Å². The third kappa shape index (κ3) is 1.05. The molecule has 0 spiro atoms. The maximum absolute atomic E-state index is 11.1. The molecule has 92 valence electrons. The molecule has 2 saturated heterocycles. The molecule has 2 saturated carbocycles. The van der Waals surface area contributed by atoms with E-state index >= 15 is 0 Å². The van der Waals surface area contributed by atoms with E-state index in [4.69, 9.17) is 4.74 Å². The predicted molar refractivity (Wildman–Crippen MR) is 60.0 cm³/mol. The molecule has 4 fully saturated rings. The zero-order valence-electron chi connectivity index (χ0n) is 10.2. The van der Waals surface area contributed by atoms with Crippen LogP contribution in [0.25, 0.3) is 0 Å². The molecular formula is C13H22O3. The number of fused-ring (bicyclic) bond motifs is 2. The van der Waals surface area contributed by atoms with E-state index in [0.29, 0.717) is 6.42 Å². The summed E-state index contributed by atoms with van der Waals surface area (Å²) in [6, 6.07) is 0. The first-order valence-electron chi connectivity index (χ1n) is 6.50. The largest absolute Gasteiger partial charge is 0.390 e. The van der Waals surface area contributed by atoms with Crippen LogP contribution in [0.5, 0.6) is 0 Å². The maximum atomic E-state index is 11.1. The average molecular weight is 226 g/mol. The lowest BCUT2D eigenvalue weighted by Crippen LogP contribution is -2.73. The molecule has 0 amide bonds. The van der Waals surface area contributed by atoms with Crippen molar-refractivity contribution >= 4 is 0 Å². The van der Waals surface area contributed by atoms with Gasteiger partial charge >= 0.3 is 0 Å².